The Morgan fingerprint density at radius 3 is 2.54 bits per heavy atom. The minimum absolute atomic E-state index is 0.134. The van der Waals surface area contributed by atoms with Gasteiger partial charge in [-0.15, -0.1) is 0 Å². The Hall–Kier alpha value is -1.19. The van der Waals surface area contributed by atoms with Crippen molar-refractivity contribution in [3.8, 4) is 0 Å². The number of pyridine rings is 1. The highest BCUT2D eigenvalue weighted by molar-refractivity contribution is 9.10. The summed E-state index contributed by atoms with van der Waals surface area (Å²) in [5.74, 6) is 0. The molecule has 1 fully saturated rings. The van der Waals surface area contributed by atoms with Gasteiger partial charge in [0.15, 0.2) is 0 Å². The van der Waals surface area contributed by atoms with Crippen molar-refractivity contribution < 1.29 is 17.9 Å². The van der Waals surface area contributed by atoms with Crippen LogP contribution in [0.15, 0.2) is 27.8 Å². The second-order valence-electron chi connectivity index (χ2n) is 6.72. The van der Waals surface area contributed by atoms with E-state index in [-0.39, 0.29) is 30.6 Å². The number of ether oxygens (including phenoxy) is 1. The molecule has 0 saturated carbocycles. The molecule has 0 N–H and O–H groups in total. The lowest BCUT2D eigenvalue weighted by molar-refractivity contribution is 0.00859. The first-order valence-electron chi connectivity index (χ1n) is 7.61. The molecule has 1 atom stereocenters. The van der Waals surface area contributed by atoms with Gasteiger partial charge in [0.1, 0.15) is 10.5 Å². The lowest BCUT2D eigenvalue weighted by atomic mass is 10.2. The van der Waals surface area contributed by atoms with Crippen LogP contribution in [-0.2, 0) is 14.8 Å². The predicted molar refractivity (Wildman–Crippen MR) is 93.1 cm³/mol. The minimum Gasteiger partial charge on any atom is -0.444 e. The van der Waals surface area contributed by atoms with Crippen molar-refractivity contribution in [3.05, 3.63) is 22.9 Å². The van der Waals surface area contributed by atoms with Gasteiger partial charge >= 0.3 is 6.09 Å². The van der Waals surface area contributed by atoms with Crippen molar-refractivity contribution in [2.24, 2.45) is 0 Å². The van der Waals surface area contributed by atoms with E-state index in [1.54, 1.807) is 25.7 Å². The summed E-state index contributed by atoms with van der Waals surface area (Å²) in [4.78, 5) is 17.8. The summed E-state index contributed by atoms with van der Waals surface area (Å²) in [7, 11) is -3.64. The molecule has 1 saturated heterocycles. The Balaban J connectivity index is 2.11. The fourth-order valence-corrected chi connectivity index (χ4v) is 4.44. The Labute approximate surface area is 151 Å². The van der Waals surface area contributed by atoms with E-state index in [0.717, 1.165) is 0 Å². The number of hydrogen-bond acceptors (Lipinski definition) is 5. The molecule has 2 rings (SSSR count). The molecule has 9 heteroatoms. The molecule has 2 heterocycles. The zero-order valence-electron chi connectivity index (χ0n) is 14.2. The van der Waals surface area contributed by atoms with Crippen molar-refractivity contribution in [2.45, 2.75) is 44.2 Å². The number of sulfonamides is 1. The van der Waals surface area contributed by atoms with Crippen LogP contribution in [0.4, 0.5) is 4.79 Å². The standard InChI is InChI=1S/C15H22BrN3O4S/c1-11-10-18(5-6-19(11)14(20)23-15(2,3)4)24(21,22)13-7-12(16)8-17-9-13/h7-9,11H,5-6,10H2,1-4H3/t11-/m0/s1. The van der Waals surface area contributed by atoms with Crippen LogP contribution in [-0.4, -0.2) is 60.0 Å². The average Bonchev–Trinajstić information content (AvgIpc) is 2.45. The van der Waals surface area contributed by atoms with Gasteiger partial charge in [0.05, 0.1) is 0 Å². The molecule has 134 valence electrons. The number of halogens is 1. The molecule has 0 unspecified atom stereocenters. The van der Waals surface area contributed by atoms with Crippen LogP contribution in [0.5, 0.6) is 0 Å². The number of amides is 1. The molecule has 7 nitrogen and oxygen atoms in total. The Bertz CT molecular complexity index is 718. The third kappa shape index (κ3) is 4.46. The molecule has 0 aromatic carbocycles. The van der Waals surface area contributed by atoms with Crippen molar-refractivity contribution in [2.75, 3.05) is 19.6 Å². The maximum atomic E-state index is 12.7. The van der Waals surface area contributed by atoms with Gasteiger partial charge in [0.25, 0.3) is 0 Å². The Morgan fingerprint density at radius 1 is 1.33 bits per heavy atom. The number of hydrogen-bond donors (Lipinski definition) is 0. The number of nitrogens with zero attached hydrogens (tertiary/aromatic N) is 3. The first kappa shape index (κ1) is 19.1. The first-order chi connectivity index (χ1) is 11.0. The number of carbonyl (C=O) groups is 1. The summed E-state index contributed by atoms with van der Waals surface area (Å²) in [6.45, 7) is 7.94. The third-order valence-corrected chi connectivity index (χ3v) is 5.80. The fraction of sp³-hybridized carbons (Fsp3) is 0.600. The lowest BCUT2D eigenvalue weighted by Crippen LogP contribution is -2.56. The van der Waals surface area contributed by atoms with E-state index in [1.165, 1.54) is 22.8 Å². The Kier molecular flexibility index (Phi) is 5.56. The summed E-state index contributed by atoms with van der Waals surface area (Å²) in [6.07, 6.45) is 2.43. The molecule has 1 aliphatic heterocycles. The molecule has 1 amide bonds. The van der Waals surface area contributed by atoms with Crippen molar-refractivity contribution >= 4 is 32.0 Å². The largest absolute Gasteiger partial charge is 0.444 e. The van der Waals surface area contributed by atoms with E-state index >= 15 is 0 Å². The topological polar surface area (TPSA) is 79.8 Å². The molecular weight excluding hydrogens is 398 g/mol. The molecule has 24 heavy (non-hydrogen) atoms. The lowest BCUT2D eigenvalue weighted by Gasteiger charge is -2.39. The second-order valence-corrected chi connectivity index (χ2v) is 9.58. The molecule has 0 radical (unpaired) electrons. The molecule has 1 aromatic rings. The quantitative estimate of drug-likeness (QED) is 0.735. The van der Waals surface area contributed by atoms with Crippen LogP contribution in [0.3, 0.4) is 0 Å². The van der Waals surface area contributed by atoms with Crippen LogP contribution in [0, 0.1) is 0 Å². The molecule has 0 aliphatic carbocycles. The molecule has 1 aromatic heterocycles. The van der Waals surface area contributed by atoms with E-state index in [9.17, 15) is 13.2 Å². The van der Waals surface area contributed by atoms with Gasteiger partial charge in [-0.25, -0.2) is 13.2 Å². The third-order valence-electron chi connectivity index (χ3n) is 3.54. The first-order valence-corrected chi connectivity index (χ1v) is 9.84. The molecule has 0 bridgehead atoms. The molecule has 1 aliphatic rings. The second kappa shape index (κ2) is 6.97. The smallest absolute Gasteiger partial charge is 0.410 e. The fourth-order valence-electron chi connectivity index (χ4n) is 2.42. The van der Waals surface area contributed by atoms with Gasteiger partial charge < -0.3 is 9.64 Å². The number of aromatic nitrogens is 1. The maximum Gasteiger partial charge on any atom is 0.410 e. The van der Waals surface area contributed by atoms with Gasteiger partial charge in [-0.2, -0.15) is 4.31 Å². The van der Waals surface area contributed by atoms with E-state index < -0.39 is 21.7 Å². The van der Waals surface area contributed by atoms with Crippen LogP contribution in [0.1, 0.15) is 27.7 Å². The van der Waals surface area contributed by atoms with Crippen molar-refractivity contribution in [1.82, 2.24) is 14.2 Å². The van der Waals surface area contributed by atoms with Crippen molar-refractivity contribution in [3.63, 3.8) is 0 Å². The zero-order valence-corrected chi connectivity index (χ0v) is 16.6. The van der Waals surface area contributed by atoms with E-state index in [0.29, 0.717) is 4.47 Å². The summed E-state index contributed by atoms with van der Waals surface area (Å²) >= 11 is 3.23. The van der Waals surface area contributed by atoms with Crippen LogP contribution < -0.4 is 0 Å². The van der Waals surface area contributed by atoms with Gasteiger partial charge in [-0.3, -0.25) is 4.98 Å². The number of carbonyl (C=O) groups excluding carboxylic acids is 1. The zero-order chi connectivity index (χ0) is 18.1. The monoisotopic (exact) mass is 419 g/mol. The van der Waals surface area contributed by atoms with Gasteiger partial charge in [0, 0.05) is 42.5 Å². The van der Waals surface area contributed by atoms with Gasteiger partial charge in [-0.1, -0.05) is 0 Å². The molecule has 0 spiro atoms. The predicted octanol–water partition coefficient (Wildman–Crippen LogP) is 2.47. The van der Waals surface area contributed by atoms with Gasteiger partial charge in [0.2, 0.25) is 10.0 Å². The van der Waals surface area contributed by atoms with Crippen LogP contribution in [0.25, 0.3) is 0 Å². The van der Waals surface area contributed by atoms with Gasteiger partial charge in [-0.05, 0) is 49.7 Å². The highest BCUT2D eigenvalue weighted by Crippen LogP contribution is 2.23. The normalized spacial score (nSPS) is 20.0. The molecular formula is C15H22BrN3O4S. The van der Waals surface area contributed by atoms with Crippen LogP contribution >= 0.6 is 15.9 Å². The minimum atomic E-state index is -3.64. The highest BCUT2D eigenvalue weighted by Gasteiger charge is 2.36. The SMILES string of the molecule is C[C@H]1CN(S(=O)(=O)c2cncc(Br)c2)CCN1C(=O)OC(C)(C)C. The summed E-state index contributed by atoms with van der Waals surface area (Å²) in [6, 6.07) is 1.25. The highest BCUT2D eigenvalue weighted by atomic mass is 79.9. The van der Waals surface area contributed by atoms with E-state index in [2.05, 4.69) is 20.9 Å². The van der Waals surface area contributed by atoms with Crippen molar-refractivity contribution in [1.29, 1.82) is 0 Å². The summed E-state index contributed by atoms with van der Waals surface area (Å²) in [5, 5.41) is 0. The van der Waals surface area contributed by atoms with E-state index in [4.69, 9.17) is 4.74 Å². The van der Waals surface area contributed by atoms with Crippen LogP contribution in [0.2, 0.25) is 0 Å². The van der Waals surface area contributed by atoms with E-state index in [1.807, 2.05) is 6.92 Å². The summed E-state index contributed by atoms with van der Waals surface area (Å²) in [5.41, 5.74) is -0.581. The number of rotatable bonds is 2. The average molecular weight is 420 g/mol. The number of piperazine rings is 1. The summed E-state index contributed by atoms with van der Waals surface area (Å²) < 4.78 is 32.8. The Morgan fingerprint density at radius 2 is 2.00 bits per heavy atom. The maximum absolute atomic E-state index is 12.7.